The van der Waals surface area contributed by atoms with Crippen LogP contribution in [0.15, 0.2) is 30.4 Å². The fourth-order valence-electron chi connectivity index (χ4n) is 1.24. The lowest BCUT2D eigenvalue weighted by Gasteiger charge is -2.09. The zero-order chi connectivity index (χ0) is 12.0. The molecule has 0 atom stereocenters. The summed E-state index contributed by atoms with van der Waals surface area (Å²) in [7, 11) is 1.56. The third kappa shape index (κ3) is 3.12. The Labute approximate surface area is 95.7 Å². The van der Waals surface area contributed by atoms with Crippen LogP contribution in [0.3, 0.4) is 0 Å². The summed E-state index contributed by atoms with van der Waals surface area (Å²) in [6, 6.07) is 5.17. The fourth-order valence-corrected chi connectivity index (χ4v) is 1.24. The number of hydrogen-bond acceptors (Lipinski definition) is 3. The van der Waals surface area contributed by atoms with Crippen molar-refractivity contribution in [3.63, 3.8) is 0 Å². The van der Waals surface area contributed by atoms with Crippen molar-refractivity contribution >= 4 is 5.78 Å². The van der Waals surface area contributed by atoms with Crippen molar-refractivity contribution in [1.82, 2.24) is 0 Å². The van der Waals surface area contributed by atoms with Crippen LogP contribution in [-0.4, -0.2) is 19.5 Å². The van der Waals surface area contributed by atoms with E-state index in [0.717, 1.165) is 0 Å². The normalized spacial score (nSPS) is 10.4. The highest BCUT2D eigenvalue weighted by Crippen LogP contribution is 2.28. The smallest absolute Gasteiger partial charge is 0.161 e. The van der Waals surface area contributed by atoms with E-state index in [4.69, 9.17) is 9.47 Å². The first-order chi connectivity index (χ1) is 7.69. The number of carbonyl (C=O) groups is 1. The largest absolute Gasteiger partial charge is 0.493 e. The van der Waals surface area contributed by atoms with Crippen LogP contribution in [0.5, 0.6) is 11.5 Å². The van der Waals surface area contributed by atoms with E-state index < -0.39 is 0 Å². The summed E-state index contributed by atoms with van der Waals surface area (Å²) < 4.78 is 10.6. The van der Waals surface area contributed by atoms with Gasteiger partial charge in [-0.25, -0.2) is 0 Å². The summed E-state index contributed by atoms with van der Waals surface area (Å²) in [5.41, 5.74) is 0.621. The third-order valence-electron chi connectivity index (χ3n) is 2.14. The molecule has 1 aromatic carbocycles. The molecule has 0 amide bonds. The minimum atomic E-state index is 0.0123. The molecule has 0 aliphatic heterocycles. The second kappa shape index (κ2) is 5.95. The molecule has 0 saturated heterocycles. The molecule has 1 aromatic rings. The zero-order valence-electron chi connectivity index (χ0n) is 9.82. The lowest BCUT2D eigenvalue weighted by molar-refractivity contribution is 0.101. The van der Waals surface area contributed by atoms with Gasteiger partial charge in [0, 0.05) is 5.56 Å². The SMILES string of the molecule is C/C=C/COc1ccc(C(C)=O)cc1OC. The molecule has 3 nitrogen and oxygen atoms in total. The van der Waals surface area contributed by atoms with E-state index in [-0.39, 0.29) is 5.78 Å². The van der Waals surface area contributed by atoms with Gasteiger partial charge in [-0.3, -0.25) is 4.79 Å². The topological polar surface area (TPSA) is 35.5 Å². The summed E-state index contributed by atoms with van der Waals surface area (Å²) in [5.74, 6) is 1.24. The highest BCUT2D eigenvalue weighted by atomic mass is 16.5. The number of benzene rings is 1. The summed E-state index contributed by atoms with van der Waals surface area (Å²) in [4.78, 5) is 11.2. The molecule has 0 heterocycles. The summed E-state index contributed by atoms with van der Waals surface area (Å²) in [6.07, 6.45) is 3.81. The molecule has 0 fully saturated rings. The van der Waals surface area contributed by atoms with Crippen LogP contribution in [0.2, 0.25) is 0 Å². The molecule has 0 spiro atoms. The lowest BCUT2D eigenvalue weighted by atomic mass is 10.1. The van der Waals surface area contributed by atoms with Crippen LogP contribution in [0, 0.1) is 0 Å². The van der Waals surface area contributed by atoms with E-state index >= 15 is 0 Å². The van der Waals surface area contributed by atoms with Crippen molar-refractivity contribution in [2.24, 2.45) is 0 Å². The van der Waals surface area contributed by atoms with E-state index in [0.29, 0.717) is 23.7 Å². The number of ether oxygens (including phenoxy) is 2. The van der Waals surface area contributed by atoms with Gasteiger partial charge in [-0.2, -0.15) is 0 Å². The summed E-state index contributed by atoms with van der Waals surface area (Å²) in [5, 5.41) is 0. The maximum Gasteiger partial charge on any atom is 0.161 e. The van der Waals surface area contributed by atoms with Crippen LogP contribution >= 0.6 is 0 Å². The first kappa shape index (κ1) is 12.3. The van der Waals surface area contributed by atoms with Gasteiger partial charge in [-0.15, -0.1) is 0 Å². The Kier molecular flexibility index (Phi) is 4.58. The van der Waals surface area contributed by atoms with Crippen molar-refractivity contribution in [2.45, 2.75) is 13.8 Å². The summed E-state index contributed by atoms with van der Waals surface area (Å²) in [6.45, 7) is 3.95. The van der Waals surface area contributed by atoms with Crippen molar-refractivity contribution in [3.05, 3.63) is 35.9 Å². The number of rotatable bonds is 5. The predicted molar refractivity (Wildman–Crippen MR) is 63.3 cm³/mol. The average molecular weight is 220 g/mol. The molecular weight excluding hydrogens is 204 g/mol. The van der Waals surface area contributed by atoms with Crippen molar-refractivity contribution in [3.8, 4) is 11.5 Å². The Balaban J connectivity index is 2.88. The van der Waals surface area contributed by atoms with E-state index in [1.807, 2.05) is 19.1 Å². The van der Waals surface area contributed by atoms with E-state index in [1.54, 1.807) is 25.3 Å². The second-order valence-electron chi connectivity index (χ2n) is 3.30. The van der Waals surface area contributed by atoms with Gasteiger partial charge in [0.1, 0.15) is 6.61 Å². The van der Waals surface area contributed by atoms with Gasteiger partial charge in [0.2, 0.25) is 0 Å². The number of methoxy groups -OCH3 is 1. The molecular formula is C13H16O3. The highest BCUT2D eigenvalue weighted by molar-refractivity contribution is 5.94. The molecule has 1 rings (SSSR count). The van der Waals surface area contributed by atoms with Crippen molar-refractivity contribution in [1.29, 1.82) is 0 Å². The maximum atomic E-state index is 11.2. The van der Waals surface area contributed by atoms with Crippen LogP contribution in [-0.2, 0) is 0 Å². The Morgan fingerprint density at radius 3 is 2.69 bits per heavy atom. The van der Waals surface area contributed by atoms with Gasteiger partial charge in [-0.05, 0) is 32.0 Å². The van der Waals surface area contributed by atoms with Crippen LogP contribution in [0.1, 0.15) is 24.2 Å². The number of Topliss-reactive ketones (excluding diaryl/α,β-unsaturated/α-hetero) is 1. The maximum absolute atomic E-state index is 11.2. The first-order valence-corrected chi connectivity index (χ1v) is 5.12. The van der Waals surface area contributed by atoms with Crippen molar-refractivity contribution in [2.75, 3.05) is 13.7 Å². The average Bonchev–Trinajstić information content (AvgIpc) is 2.29. The molecule has 0 bridgehead atoms. The van der Waals surface area contributed by atoms with Crippen LogP contribution in [0.25, 0.3) is 0 Å². The minimum absolute atomic E-state index is 0.0123. The number of carbonyl (C=O) groups excluding carboxylic acids is 1. The van der Waals surface area contributed by atoms with Gasteiger partial charge in [0.25, 0.3) is 0 Å². The molecule has 86 valence electrons. The Hall–Kier alpha value is -1.77. The van der Waals surface area contributed by atoms with Crippen molar-refractivity contribution < 1.29 is 14.3 Å². The van der Waals surface area contributed by atoms with E-state index in [2.05, 4.69) is 0 Å². The minimum Gasteiger partial charge on any atom is -0.493 e. The Morgan fingerprint density at radius 1 is 1.38 bits per heavy atom. The monoisotopic (exact) mass is 220 g/mol. The fraction of sp³-hybridized carbons (Fsp3) is 0.308. The summed E-state index contributed by atoms with van der Waals surface area (Å²) >= 11 is 0. The van der Waals surface area contributed by atoms with Gasteiger partial charge < -0.3 is 9.47 Å². The molecule has 16 heavy (non-hydrogen) atoms. The molecule has 0 N–H and O–H groups in total. The van der Waals surface area contributed by atoms with E-state index in [1.165, 1.54) is 6.92 Å². The number of hydrogen-bond donors (Lipinski definition) is 0. The molecule has 0 radical (unpaired) electrons. The quantitative estimate of drug-likeness (QED) is 0.565. The second-order valence-corrected chi connectivity index (χ2v) is 3.30. The molecule has 0 aliphatic carbocycles. The third-order valence-corrected chi connectivity index (χ3v) is 2.14. The molecule has 0 unspecified atom stereocenters. The Bertz CT molecular complexity index is 394. The highest BCUT2D eigenvalue weighted by Gasteiger charge is 2.07. The van der Waals surface area contributed by atoms with Gasteiger partial charge in [0.15, 0.2) is 17.3 Å². The first-order valence-electron chi connectivity index (χ1n) is 5.12. The number of ketones is 1. The van der Waals surface area contributed by atoms with Gasteiger partial charge in [0.05, 0.1) is 7.11 Å². The Morgan fingerprint density at radius 2 is 2.12 bits per heavy atom. The van der Waals surface area contributed by atoms with Crippen LogP contribution in [0.4, 0.5) is 0 Å². The predicted octanol–water partition coefficient (Wildman–Crippen LogP) is 2.85. The molecule has 3 heteroatoms. The molecule has 0 aliphatic rings. The standard InChI is InChI=1S/C13H16O3/c1-4-5-8-16-12-7-6-11(10(2)14)9-13(12)15-3/h4-7,9H,8H2,1-3H3/b5-4+. The lowest BCUT2D eigenvalue weighted by Crippen LogP contribution is -1.99. The zero-order valence-corrected chi connectivity index (χ0v) is 9.82. The molecule has 0 saturated carbocycles. The van der Waals surface area contributed by atoms with Gasteiger partial charge in [-0.1, -0.05) is 12.2 Å². The van der Waals surface area contributed by atoms with Gasteiger partial charge >= 0.3 is 0 Å². The van der Waals surface area contributed by atoms with E-state index in [9.17, 15) is 4.79 Å². The van der Waals surface area contributed by atoms with Crippen LogP contribution < -0.4 is 9.47 Å². The molecule has 0 aromatic heterocycles. The number of allylic oxidation sites excluding steroid dienone is 1.